The Balaban J connectivity index is 1.31. The predicted octanol–water partition coefficient (Wildman–Crippen LogP) is 7.69. The van der Waals surface area contributed by atoms with Gasteiger partial charge in [0.1, 0.15) is 23.5 Å². The van der Waals surface area contributed by atoms with Crippen molar-refractivity contribution in [1.82, 2.24) is 5.32 Å². The lowest BCUT2D eigenvalue weighted by molar-refractivity contribution is -0.140. The first-order valence-electron chi connectivity index (χ1n) is 15.4. The Morgan fingerprint density at radius 1 is 0.938 bits per heavy atom. The zero-order valence-electron chi connectivity index (χ0n) is 25.5. The molecule has 3 aliphatic carbocycles. The molecule has 0 aromatic heterocycles. The highest BCUT2D eigenvalue weighted by atomic mass is 19.4. The number of nitrogens with one attached hydrogen (secondary N) is 2. The second-order valence-corrected chi connectivity index (χ2v) is 12.4. The van der Waals surface area contributed by atoms with Gasteiger partial charge < -0.3 is 20.5 Å². The van der Waals surface area contributed by atoms with E-state index in [9.17, 15) is 45.4 Å². The summed E-state index contributed by atoms with van der Waals surface area (Å²) in [6.07, 6.45) is -4.85. The van der Waals surface area contributed by atoms with E-state index in [0.717, 1.165) is 42.7 Å². The number of aliphatic hydroxyl groups is 1. The van der Waals surface area contributed by atoms with Gasteiger partial charge in [-0.25, -0.2) is 17.6 Å². The Hall–Kier alpha value is -4.39. The maximum atomic E-state index is 14.9. The van der Waals surface area contributed by atoms with E-state index in [0.29, 0.717) is 30.9 Å². The van der Waals surface area contributed by atoms with Crippen LogP contribution in [0.25, 0.3) is 11.1 Å². The number of hydrogen-bond donors (Lipinski definition) is 3. The van der Waals surface area contributed by atoms with Gasteiger partial charge in [0.2, 0.25) is 5.91 Å². The molecule has 3 fully saturated rings. The predicted molar refractivity (Wildman–Crippen MR) is 161 cm³/mol. The smallest absolute Gasteiger partial charge is 0.419 e. The summed E-state index contributed by atoms with van der Waals surface area (Å²) in [4.78, 5) is 27.7. The fourth-order valence-electron chi connectivity index (χ4n) is 6.98. The molecule has 3 aliphatic rings. The van der Waals surface area contributed by atoms with E-state index >= 15 is 0 Å². The summed E-state index contributed by atoms with van der Waals surface area (Å²) >= 11 is 0. The molecule has 2 bridgehead atoms. The van der Waals surface area contributed by atoms with Gasteiger partial charge in [0.05, 0.1) is 24.2 Å². The molecule has 0 aliphatic heterocycles. The minimum atomic E-state index is -4.98. The molecular formula is C35H31F7N2O4. The molecule has 13 heteroatoms. The van der Waals surface area contributed by atoms with Gasteiger partial charge in [-0.1, -0.05) is 23.8 Å². The number of benzene rings is 3. The SMILES string of the molecule is COc1ccc(-c2cc(C(O)C(F)F)ccc2F)cc1C(=O)N[C@H]1[C@@H](C(=O)Nc2ccc(F)c(C(F)(F)F)c2)[C@H]2CC[C@@H]1/C2=C\C1CC1. The van der Waals surface area contributed by atoms with Crippen LogP contribution >= 0.6 is 0 Å². The molecule has 254 valence electrons. The number of anilines is 1. The lowest BCUT2D eigenvalue weighted by atomic mass is 9.83. The van der Waals surface area contributed by atoms with Gasteiger partial charge in [0.25, 0.3) is 12.3 Å². The fraction of sp³-hybridized carbons (Fsp3) is 0.371. The molecule has 3 N–H and O–H groups in total. The normalized spacial score (nSPS) is 23.4. The summed E-state index contributed by atoms with van der Waals surface area (Å²) in [6, 6.07) is 8.61. The first kappa shape index (κ1) is 33.5. The van der Waals surface area contributed by atoms with Crippen LogP contribution in [0.3, 0.4) is 0 Å². The van der Waals surface area contributed by atoms with Crippen LogP contribution in [-0.2, 0) is 11.0 Å². The highest BCUT2D eigenvalue weighted by Crippen LogP contribution is 2.54. The maximum absolute atomic E-state index is 14.9. The van der Waals surface area contributed by atoms with Crippen LogP contribution < -0.4 is 15.4 Å². The van der Waals surface area contributed by atoms with Crippen molar-refractivity contribution in [2.24, 2.45) is 23.7 Å². The number of ether oxygens (including phenoxy) is 1. The largest absolute Gasteiger partial charge is 0.496 e. The molecule has 0 radical (unpaired) electrons. The minimum Gasteiger partial charge on any atom is -0.496 e. The third-order valence-corrected chi connectivity index (χ3v) is 9.41. The molecule has 3 aromatic carbocycles. The van der Waals surface area contributed by atoms with Gasteiger partial charge in [-0.3, -0.25) is 9.59 Å². The van der Waals surface area contributed by atoms with Crippen molar-refractivity contribution in [3.63, 3.8) is 0 Å². The van der Waals surface area contributed by atoms with E-state index in [1.807, 2.05) is 0 Å². The van der Waals surface area contributed by atoms with E-state index in [1.165, 1.54) is 25.3 Å². The van der Waals surface area contributed by atoms with Crippen LogP contribution in [0.2, 0.25) is 0 Å². The van der Waals surface area contributed by atoms with Gasteiger partial charge in [0.15, 0.2) is 0 Å². The first-order chi connectivity index (χ1) is 22.8. The van der Waals surface area contributed by atoms with Gasteiger partial charge in [-0.15, -0.1) is 0 Å². The van der Waals surface area contributed by atoms with Crippen molar-refractivity contribution in [2.45, 2.75) is 50.4 Å². The Kier molecular flexibility index (Phi) is 9.01. The molecule has 5 atom stereocenters. The third kappa shape index (κ3) is 6.52. The fourth-order valence-corrected chi connectivity index (χ4v) is 6.98. The van der Waals surface area contributed by atoms with E-state index in [1.54, 1.807) is 0 Å². The van der Waals surface area contributed by atoms with E-state index in [2.05, 4.69) is 16.7 Å². The molecule has 3 aromatic rings. The van der Waals surface area contributed by atoms with Crippen LogP contribution in [0.4, 0.5) is 36.4 Å². The average molecular weight is 677 g/mol. The molecule has 0 spiro atoms. The Bertz CT molecular complexity index is 1770. The molecule has 6 rings (SSSR count). The van der Waals surface area contributed by atoms with E-state index < -0.39 is 59.7 Å². The number of alkyl halides is 5. The third-order valence-electron chi connectivity index (χ3n) is 9.41. The summed E-state index contributed by atoms with van der Waals surface area (Å²) in [7, 11) is 1.31. The van der Waals surface area contributed by atoms with Crippen molar-refractivity contribution in [1.29, 1.82) is 0 Å². The number of carbonyl (C=O) groups excluding carboxylic acids is 2. The second kappa shape index (κ2) is 12.9. The number of fused-ring (bicyclic) bond motifs is 2. The van der Waals surface area contributed by atoms with Crippen LogP contribution in [0.15, 0.2) is 66.2 Å². The minimum absolute atomic E-state index is 0.0442. The van der Waals surface area contributed by atoms with Gasteiger partial charge in [0, 0.05) is 23.2 Å². The number of rotatable bonds is 9. The van der Waals surface area contributed by atoms with E-state index in [-0.39, 0.29) is 45.5 Å². The average Bonchev–Trinajstić information content (AvgIpc) is 3.72. The molecule has 48 heavy (non-hydrogen) atoms. The van der Waals surface area contributed by atoms with Crippen molar-refractivity contribution in [3.8, 4) is 16.9 Å². The van der Waals surface area contributed by atoms with Gasteiger partial charge in [-0.2, -0.15) is 13.2 Å². The molecule has 0 saturated heterocycles. The number of aliphatic hydroxyl groups excluding tert-OH is 1. The van der Waals surface area contributed by atoms with Gasteiger partial charge >= 0.3 is 6.18 Å². The standard InChI is InChI=1S/C35H31F7N2O4/c1-48-28-11-5-17(22-14-18(4-9-26(22)36)31(45)32(38)39)13-24(28)33(46)44-30-21-8-7-20(23(21)12-16-2-3-16)29(30)34(47)43-19-6-10-27(37)25(15-19)35(40,41)42/h4-6,9-16,20-21,29-32,45H,2-3,7-8H2,1H3,(H,43,47)(H,44,46)/b23-12-/t20-,21+,29-,30+,31?/m0/s1. The number of hydrogen-bond acceptors (Lipinski definition) is 4. The topological polar surface area (TPSA) is 87.7 Å². The lowest BCUT2D eigenvalue weighted by Crippen LogP contribution is -2.48. The monoisotopic (exact) mass is 676 g/mol. The van der Waals surface area contributed by atoms with Crippen molar-refractivity contribution in [2.75, 3.05) is 12.4 Å². The Morgan fingerprint density at radius 2 is 1.65 bits per heavy atom. The van der Waals surface area contributed by atoms with Gasteiger partial charge in [-0.05, 0) is 91.1 Å². The van der Waals surface area contributed by atoms with Crippen molar-refractivity contribution < 1.29 is 50.2 Å². The quantitative estimate of drug-likeness (QED) is 0.160. The summed E-state index contributed by atoms with van der Waals surface area (Å²) in [5.74, 6) is -4.51. The zero-order chi connectivity index (χ0) is 34.5. The molecule has 0 heterocycles. The molecule has 1 unspecified atom stereocenters. The molecule has 6 nitrogen and oxygen atoms in total. The zero-order valence-corrected chi connectivity index (χ0v) is 25.5. The number of allylic oxidation sites excluding steroid dienone is 1. The molecule has 3 saturated carbocycles. The number of methoxy groups -OCH3 is 1. The highest BCUT2D eigenvalue weighted by molar-refractivity contribution is 6.00. The summed E-state index contributed by atoms with van der Waals surface area (Å²) in [6.45, 7) is 0. The van der Waals surface area contributed by atoms with E-state index in [4.69, 9.17) is 4.74 Å². The van der Waals surface area contributed by atoms with Crippen molar-refractivity contribution in [3.05, 3.63) is 94.6 Å². The Morgan fingerprint density at radius 3 is 2.31 bits per heavy atom. The van der Waals surface area contributed by atoms with Crippen LogP contribution in [0, 0.1) is 35.3 Å². The summed E-state index contributed by atoms with van der Waals surface area (Å²) in [5, 5.41) is 15.3. The summed E-state index contributed by atoms with van der Waals surface area (Å²) < 4.78 is 101. The highest BCUT2D eigenvalue weighted by Gasteiger charge is 2.55. The van der Waals surface area contributed by atoms with Crippen molar-refractivity contribution >= 4 is 17.5 Å². The number of carbonyl (C=O) groups is 2. The van der Waals surface area contributed by atoms with Crippen LogP contribution in [-0.4, -0.2) is 36.5 Å². The summed E-state index contributed by atoms with van der Waals surface area (Å²) in [5.41, 5.74) is -1.04. The number of halogens is 7. The Labute approximate surface area is 271 Å². The van der Waals surface area contributed by atoms with Crippen LogP contribution in [0.1, 0.15) is 53.3 Å². The van der Waals surface area contributed by atoms with Crippen LogP contribution in [0.5, 0.6) is 5.75 Å². The second-order valence-electron chi connectivity index (χ2n) is 12.4. The lowest BCUT2D eigenvalue weighted by Gasteiger charge is -2.30. The molecular weight excluding hydrogens is 645 g/mol. The maximum Gasteiger partial charge on any atom is 0.419 e. The number of amides is 2. The first-order valence-corrected chi connectivity index (χ1v) is 15.4. The molecule has 2 amide bonds.